The summed E-state index contributed by atoms with van der Waals surface area (Å²) in [6.45, 7) is 4.57. The number of rotatable bonds is 9. The van der Waals surface area contributed by atoms with Gasteiger partial charge in [-0.1, -0.05) is 60.1 Å². The van der Waals surface area contributed by atoms with Crippen molar-refractivity contribution in [3.8, 4) is 16.9 Å². The quantitative estimate of drug-likeness (QED) is 0.217. The molecular formula is C31H28ClFO3. The lowest BCUT2D eigenvalue weighted by atomic mass is 9.88. The van der Waals surface area contributed by atoms with Crippen molar-refractivity contribution in [3.63, 3.8) is 0 Å². The van der Waals surface area contributed by atoms with Gasteiger partial charge in [0.1, 0.15) is 18.2 Å². The number of carbonyl (C=O) groups excluding carboxylic acids is 1. The standard InChI is InChI=1S/C31H28ClFO3/c1-3-35-31(34)19-30(23-7-12-27(33)13-8-23)24-9-14-28(15-10-24)36-20-22-5-4-6-25(18-22)29-16-11-26(32)17-21(29)2/h4-18,30H,3,19-20H2,1-2H3. The summed E-state index contributed by atoms with van der Waals surface area (Å²) in [6.07, 6.45) is 0.177. The van der Waals surface area contributed by atoms with Crippen LogP contribution in [0.4, 0.5) is 4.39 Å². The Labute approximate surface area is 216 Å². The van der Waals surface area contributed by atoms with Crippen molar-refractivity contribution in [1.82, 2.24) is 0 Å². The number of halogens is 2. The SMILES string of the molecule is CCOC(=O)CC(c1ccc(F)cc1)c1ccc(OCc2cccc(-c3ccc(Cl)cc3C)c2)cc1. The highest BCUT2D eigenvalue weighted by Gasteiger charge is 2.19. The van der Waals surface area contributed by atoms with Crippen molar-refractivity contribution in [1.29, 1.82) is 0 Å². The Balaban J connectivity index is 1.47. The van der Waals surface area contributed by atoms with Gasteiger partial charge in [-0.2, -0.15) is 0 Å². The molecule has 4 rings (SSSR count). The van der Waals surface area contributed by atoms with Crippen LogP contribution in [0.5, 0.6) is 5.75 Å². The van der Waals surface area contributed by atoms with E-state index in [0.29, 0.717) is 13.2 Å². The highest BCUT2D eigenvalue weighted by Crippen LogP contribution is 2.31. The summed E-state index contributed by atoms with van der Waals surface area (Å²) in [5.74, 6) is -0.116. The molecule has 0 aliphatic heterocycles. The zero-order valence-corrected chi connectivity index (χ0v) is 21.1. The lowest BCUT2D eigenvalue weighted by Crippen LogP contribution is -2.11. The third kappa shape index (κ3) is 6.52. The van der Waals surface area contributed by atoms with E-state index in [9.17, 15) is 9.18 Å². The van der Waals surface area contributed by atoms with Crippen LogP contribution in [0.2, 0.25) is 5.02 Å². The van der Waals surface area contributed by atoms with Gasteiger partial charge in [0.2, 0.25) is 0 Å². The van der Waals surface area contributed by atoms with Gasteiger partial charge < -0.3 is 9.47 Å². The number of esters is 1. The Morgan fingerprint density at radius 3 is 2.28 bits per heavy atom. The van der Waals surface area contributed by atoms with Gasteiger partial charge in [0.15, 0.2) is 0 Å². The number of hydrogen-bond acceptors (Lipinski definition) is 3. The molecule has 0 radical (unpaired) electrons. The molecule has 36 heavy (non-hydrogen) atoms. The Hall–Kier alpha value is -3.63. The molecule has 0 fully saturated rings. The van der Waals surface area contributed by atoms with Crippen molar-refractivity contribution in [2.75, 3.05) is 6.61 Å². The fraction of sp³-hybridized carbons (Fsp3) is 0.194. The fourth-order valence-electron chi connectivity index (χ4n) is 4.25. The van der Waals surface area contributed by atoms with Crippen LogP contribution in [0.1, 0.15) is 41.5 Å². The van der Waals surface area contributed by atoms with Crippen LogP contribution in [-0.2, 0) is 16.1 Å². The Kier molecular flexibility index (Phi) is 8.40. The maximum atomic E-state index is 13.5. The van der Waals surface area contributed by atoms with Crippen LogP contribution in [0, 0.1) is 12.7 Å². The highest BCUT2D eigenvalue weighted by molar-refractivity contribution is 6.30. The topological polar surface area (TPSA) is 35.5 Å². The molecule has 0 aliphatic carbocycles. The van der Waals surface area contributed by atoms with E-state index in [1.54, 1.807) is 19.1 Å². The molecule has 4 aromatic carbocycles. The van der Waals surface area contributed by atoms with E-state index in [1.807, 2.05) is 61.5 Å². The summed E-state index contributed by atoms with van der Waals surface area (Å²) in [5.41, 5.74) is 6.21. The molecular weight excluding hydrogens is 475 g/mol. The van der Waals surface area contributed by atoms with Crippen molar-refractivity contribution in [2.45, 2.75) is 32.8 Å². The maximum Gasteiger partial charge on any atom is 0.306 e. The van der Waals surface area contributed by atoms with Gasteiger partial charge in [0.25, 0.3) is 0 Å². The van der Waals surface area contributed by atoms with E-state index < -0.39 is 0 Å². The molecule has 0 heterocycles. The average Bonchev–Trinajstić information content (AvgIpc) is 2.87. The largest absolute Gasteiger partial charge is 0.489 e. The van der Waals surface area contributed by atoms with Crippen LogP contribution in [0.3, 0.4) is 0 Å². The first-order chi connectivity index (χ1) is 17.4. The molecule has 1 unspecified atom stereocenters. The third-order valence-corrected chi connectivity index (χ3v) is 6.30. The van der Waals surface area contributed by atoms with Crippen molar-refractivity contribution >= 4 is 17.6 Å². The molecule has 0 N–H and O–H groups in total. The Morgan fingerprint density at radius 1 is 0.917 bits per heavy atom. The fourth-order valence-corrected chi connectivity index (χ4v) is 4.48. The zero-order chi connectivity index (χ0) is 25.5. The summed E-state index contributed by atoms with van der Waals surface area (Å²) in [6, 6.07) is 28.0. The Bertz CT molecular complexity index is 1320. The molecule has 0 saturated carbocycles. The van der Waals surface area contributed by atoms with Gasteiger partial charge >= 0.3 is 5.97 Å². The number of ether oxygens (including phenoxy) is 2. The minimum Gasteiger partial charge on any atom is -0.489 e. The molecule has 1 atom stereocenters. The van der Waals surface area contributed by atoms with Gasteiger partial charge in [-0.25, -0.2) is 4.39 Å². The number of benzene rings is 4. The van der Waals surface area contributed by atoms with Crippen molar-refractivity contribution in [2.24, 2.45) is 0 Å². The molecule has 3 nitrogen and oxygen atoms in total. The van der Waals surface area contributed by atoms with E-state index in [0.717, 1.165) is 44.2 Å². The average molecular weight is 503 g/mol. The Morgan fingerprint density at radius 2 is 1.61 bits per heavy atom. The minimum atomic E-state index is -0.312. The normalized spacial score (nSPS) is 11.7. The van der Waals surface area contributed by atoms with E-state index in [-0.39, 0.29) is 24.1 Å². The number of carbonyl (C=O) groups is 1. The van der Waals surface area contributed by atoms with Crippen LogP contribution >= 0.6 is 11.6 Å². The monoisotopic (exact) mass is 502 g/mol. The molecule has 0 spiro atoms. The van der Waals surface area contributed by atoms with E-state index in [4.69, 9.17) is 21.1 Å². The van der Waals surface area contributed by atoms with Gasteiger partial charge in [-0.05, 0) is 89.7 Å². The molecule has 4 aromatic rings. The molecule has 0 aliphatic rings. The van der Waals surface area contributed by atoms with Gasteiger partial charge in [-0.15, -0.1) is 0 Å². The predicted octanol–water partition coefficient (Wildman–Crippen LogP) is 8.12. The summed E-state index contributed by atoms with van der Waals surface area (Å²) < 4.78 is 24.7. The molecule has 0 amide bonds. The zero-order valence-electron chi connectivity index (χ0n) is 20.3. The van der Waals surface area contributed by atoms with Crippen LogP contribution < -0.4 is 4.74 Å². The second-order valence-corrected chi connectivity index (χ2v) is 9.07. The lowest BCUT2D eigenvalue weighted by Gasteiger charge is -2.18. The molecule has 0 bridgehead atoms. The smallest absolute Gasteiger partial charge is 0.306 e. The van der Waals surface area contributed by atoms with Gasteiger partial charge in [-0.3, -0.25) is 4.79 Å². The summed E-state index contributed by atoms with van der Waals surface area (Å²) >= 11 is 6.11. The van der Waals surface area contributed by atoms with Crippen LogP contribution in [-0.4, -0.2) is 12.6 Å². The minimum absolute atomic E-state index is 0.177. The van der Waals surface area contributed by atoms with Crippen molar-refractivity contribution in [3.05, 3.63) is 124 Å². The molecule has 0 aromatic heterocycles. The molecule has 0 saturated heterocycles. The van der Waals surface area contributed by atoms with Gasteiger partial charge in [0, 0.05) is 10.9 Å². The first kappa shape index (κ1) is 25.5. The summed E-state index contributed by atoms with van der Waals surface area (Å²) in [5, 5.41) is 0.725. The summed E-state index contributed by atoms with van der Waals surface area (Å²) in [7, 11) is 0. The maximum absolute atomic E-state index is 13.5. The predicted molar refractivity (Wildman–Crippen MR) is 142 cm³/mol. The summed E-state index contributed by atoms with van der Waals surface area (Å²) in [4.78, 5) is 12.2. The third-order valence-electron chi connectivity index (χ3n) is 6.06. The molecule has 184 valence electrons. The second-order valence-electron chi connectivity index (χ2n) is 8.63. The van der Waals surface area contributed by atoms with E-state index >= 15 is 0 Å². The van der Waals surface area contributed by atoms with Gasteiger partial charge in [0.05, 0.1) is 13.0 Å². The van der Waals surface area contributed by atoms with Crippen LogP contribution in [0.25, 0.3) is 11.1 Å². The highest BCUT2D eigenvalue weighted by atomic mass is 35.5. The van der Waals surface area contributed by atoms with Crippen LogP contribution in [0.15, 0.2) is 91.0 Å². The van der Waals surface area contributed by atoms with E-state index in [2.05, 4.69) is 12.1 Å². The van der Waals surface area contributed by atoms with E-state index in [1.165, 1.54) is 12.1 Å². The molecule has 5 heteroatoms. The first-order valence-corrected chi connectivity index (χ1v) is 12.3. The van der Waals surface area contributed by atoms with Crippen molar-refractivity contribution < 1.29 is 18.7 Å². The lowest BCUT2D eigenvalue weighted by molar-refractivity contribution is -0.143. The number of hydrogen-bond donors (Lipinski definition) is 0. The first-order valence-electron chi connectivity index (χ1n) is 11.9. The number of aryl methyl sites for hydroxylation is 1. The second kappa shape index (κ2) is 11.9.